The standard InChI is InChI=1S/C21H18N6O/c1-13-14(2)27(17-6-4-5-11-22-17)20-18(13)21-24-19(25-26(21)12-23-20)15-7-9-16(28-3)10-8-15/h4-12H,1-3H3. The topological polar surface area (TPSA) is 70.1 Å². The third kappa shape index (κ3) is 2.36. The zero-order valence-electron chi connectivity index (χ0n) is 15.8. The van der Waals surface area contributed by atoms with Crippen molar-refractivity contribution in [3.05, 3.63) is 66.2 Å². The molecule has 0 fully saturated rings. The van der Waals surface area contributed by atoms with Gasteiger partial charge in [-0.2, -0.15) is 0 Å². The number of methoxy groups -OCH3 is 1. The Morgan fingerprint density at radius 2 is 1.75 bits per heavy atom. The molecule has 4 aromatic heterocycles. The third-order valence-corrected chi connectivity index (χ3v) is 5.06. The molecule has 28 heavy (non-hydrogen) atoms. The Kier molecular flexibility index (Phi) is 3.61. The Morgan fingerprint density at radius 3 is 2.46 bits per heavy atom. The van der Waals surface area contributed by atoms with Gasteiger partial charge in [-0.3, -0.25) is 4.57 Å². The largest absolute Gasteiger partial charge is 0.497 e. The van der Waals surface area contributed by atoms with Crippen LogP contribution in [0.3, 0.4) is 0 Å². The number of aromatic nitrogens is 6. The second kappa shape index (κ2) is 6.16. The number of hydrogen-bond donors (Lipinski definition) is 0. The van der Waals surface area contributed by atoms with Gasteiger partial charge in [-0.15, -0.1) is 5.10 Å². The van der Waals surface area contributed by atoms with Gasteiger partial charge < -0.3 is 4.74 Å². The van der Waals surface area contributed by atoms with E-state index in [1.165, 1.54) is 0 Å². The molecule has 0 unspecified atom stereocenters. The van der Waals surface area contributed by atoms with Gasteiger partial charge in [0.05, 0.1) is 12.5 Å². The lowest BCUT2D eigenvalue weighted by atomic mass is 10.2. The van der Waals surface area contributed by atoms with Crippen LogP contribution in [0.15, 0.2) is 55.0 Å². The number of benzene rings is 1. The summed E-state index contributed by atoms with van der Waals surface area (Å²) >= 11 is 0. The second-order valence-corrected chi connectivity index (χ2v) is 6.61. The van der Waals surface area contributed by atoms with Crippen molar-refractivity contribution < 1.29 is 4.74 Å². The van der Waals surface area contributed by atoms with Gasteiger partial charge >= 0.3 is 0 Å². The van der Waals surface area contributed by atoms with Crippen LogP contribution in [0.4, 0.5) is 0 Å². The van der Waals surface area contributed by atoms with Crippen molar-refractivity contribution in [2.24, 2.45) is 0 Å². The Labute approximate surface area is 161 Å². The number of fused-ring (bicyclic) bond motifs is 3. The molecule has 0 N–H and O–H groups in total. The van der Waals surface area contributed by atoms with Crippen LogP contribution >= 0.6 is 0 Å². The van der Waals surface area contributed by atoms with E-state index in [4.69, 9.17) is 9.72 Å². The van der Waals surface area contributed by atoms with Crippen molar-refractivity contribution in [3.8, 4) is 23.0 Å². The summed E-state index contributed by atoms with van der Waals surface area (Å²) in [4.78, 5) is 14.0. The summed E-state index contributed by atoms with van der Waals surface area (Å²) in [5, 5.41) is 5.60. The molecule has 0 saturated carbocycles. The Balaban J connectivity index is 1.75. The normalized spacial score (nSPS) is 11.4. The van der Waals surface area contributed by atoms with Crippen LogP contribution < -0.4 is 4.74 Å². The van der Waals surface area contributed by atoms with E-state index in [2.05, 4.69) is 33.5 Å². The van der Waals surface area contributed by atoms with Crippen molar-refractivity contribution >= 4 is 16.7 Å². The quantitative estimate of drug-likeness (QED) is 0.484. The zero-order chi connectivity index (χ0) is 19.3. The maximum Gasteiger partial charge on any atom is 0.182 e. The summed E-state index contributed by atoms with van der Waals surface area (Å²) in [7, 11) is 1.65. The summed E-state index contributed by atoms with van der Waals surface area (Å²) in [5.41, 5.74) is 4.74. The Bertz CT molecular complexity index is 1300. The molecule has 0 aliphatic carbocycles. The SMILES string of the molecule is COc1ccc(-c2nc3c4c(C)c(C)n(-c5ccccn5)c4ncn3n2)cc1. The molecule has 0 spiro atoms. The minimum atomic E-state index is 0.652. The van der Waals surface area contributed by atoms with E-state index in [1.807, 2.05) is 42.5 Å². The average molecular weight is 370 g/mol. The van der Waals surface area contributed by atoms with Gasteiger partial charge in [0, 0.05) is 17.5 Å². The average Bonchev–Trinajstić information content (AvgIpc) is 3.28. The van der Waals surface area contributed by atoms with Gasteiger partial charge in [0.1, 0.15) is 17.9 Å². The number of nitrogens with zero attached hydrogens (tertiary/aromatic N) is 6. The van der Waals surface area contributed by atoms with Gasteiger partial charge in [-0.1, -0.05) is 6.07 Å². The molecule has 0 bridgehead atoms. The summed E-state index contributed by atoms with van der Waals surface area (Å²) in [5.74, 6) is 2.29. The van der Waals surface area contributed by atoms with Gasteiger partial charge in [-0.25, -0.2) is 19.5 Å². The smallest absolute Gasteiger partial charge is 0.182 e. The molecule has 5 rings (SSSR count). The Morgan fingerprint density at radius 1 is 0.929 bits per heavy atom. The minimum absolute atomic E-state index is 0.652. The van der Waals surface area contributed by atoms with Crippen LogP contribution in [-0.2, 0) is 0 Å². The predicted molar refractivity (Wildman–Crippen MR) is 107 cm³/mol. The van der Waals surface area contributed by atoms with E-state index in [-0.39, 0.29) is 0 Å². The van der Waals surface area contributed by atoms with Crippen LogP contribution in [-0.4, -0.2) is 36.2 Å². The lowest BCUT2D eigenvalue weighted by Gasteiger charge is -2.05. The van der Waals surface area contributed by atoms with Gasteiger partial charge in [0.15, 0.2) is 17.1 Å². The highest BCUT2D eigenvalue weighted by molar-refractivity contribution is 5.95. The molecule has 0 amide bonds. The maximum absolute atomic E-state index is 5.23. The molecule has 7 heteroatoms. The highest BCUT2D eigenvalue weighted by atomic mass is 16.5. The Hall–Kier alpha value is -3.74. The lowest BCUT2D eigenvalue weighted by Crippen LogP contribution is -2.01. The molecule has 5 aromatic rings. The fourth-order valence-electron chi connectivity index (χ4n) is 3.49. The monoisotopic (exact) mass is 370 g/mol. The van der Waals surface area contributed by atoms with Crippen LogP contribution in [0, 0.1) is 13.8 Å². The molecule has 4 heterocycles. The molecular formula is C21H18N6O. The van der Waals surface area contributed by atoms with Crippen molar-refractivity contribution in [3.63, 3.8) is 0 Å². The fraction of sp³-hybridized carbons (Fsp3) is 0.143. The highest BCUT2D eigenvalue weighted by Crippen LogP contribution is 2.30. The third-order valence-electron chi connectivity index (χ3n) is 5.06. The number of ether oxygens (including phenoxy) is 1. The van der Waals surface area contributed by atoms with E-state index >= 15 is 0 Å². The fourth-order valence-corrected chi connectivity index (χ4v) is 3.49. The first-order valence-corrected chi connectivity index (χ1v) is 8.96. The molecular weight excluding hydrogens is 352 g/mol. The van der Waals surface area contributed by atoms with E-state index in [0.717, 1.165) is 45.1 Å². The molecule has 0 aliphatic rings. The first kappa shape index (κ1) is 16.4. The summed E-state index contributed by atoms with van der Waals surface area (Å²) < 4.78 is 9.03. The highest BCUT2D eigenvalue weighted by Gasteiger charge is 2.19. The molecule has 0 saturated heterocycles. The lowest BCUT2D eigenvalue weighted by molar-refractivity contribution is 0.415. The number of pyridine rings is 1. The number of aryl methyl sites for hydroxylation is 1. The van der Waals surface area contributed by atoms with E-state index in [0.29, 0.717) is 5.82 Å². The van der Waals surface area contributed by atoms with Crippen molar-refractivity contribution in [2.45, 2.75) is 13.8 Å². The molecule has 0 aliphatic heterocycles. The summed E-state index contributed by atoms with van der Waals surface area (Å²) in [6.07, 6.45) is 3.49. The van der Waals surface area contributed by atoms with Crippen LogP contribution in [0.25, 0.3) is 33.9 Å². The number of rotatable bonds is 3. The van der Waals surface area contributed by atoms with E-state index < -0.39 is 0 Å². The molecule has 0 radical (unpaired) electrons. The summed E-state index contributed by atoms with van der Waals surface area (Å²) in [6.45, 7) is 4.16. The van der Waals surface area contributed by atoms with Crippen molar-refractivity contribution in [1.29, 1.82) is 0 Å². The van der Waals surface area contributed by atoms with Gasteiger partial charge in [0.2, 0.25) is 0 Å². The van der Waals surface area contributed by atoms with Crippen LogP contribution in [0.5, 0.6) is 5.75 Å². The molecule has 138 valence electrons. The van der Waals surface area contributed by atoms with E-state index in [9.17, 15) is 0 Å². The number of hydrogen-bond acceptors (Lipinski definition) is 5. The van der Waals surface area contributed by atoms with Crippen molar-refractivity contribution in [2.75, 3.05) is 7.11 Å². The first-order chi connectivity index (χ1) is 13.7. The molecule has 0 atom stereocenters. The first-order valence-electron chi connectivity index (χ1n) is 8.96. The molecule has 1 aromatic carbocycles. The second-order valence-electron chi connectivity index (χ2n) is 6.61. The van der Waals surface area contributed by atoms with Gasteiger partial charge in [-0.05, 0) is 55.8 Å². The van der Waals surface area contributed by atoms with Crippen molar-refractivity contribution in [1.82, 2.24) is 29.1 Å². The zero-order valence-corrected chi connectivity index (χ0v) is 15.8. The predicted octanol–water partition coefficient (Wildman–Crippen LogP) is 3.76. The van der Waals surface area contributed by atoms with Crippen LogP contribution in [0.1, 0.15) is 11.3 Å². The maximum atomic E-state index is 5.23. The minimum Gasteiger partial charge on any atom is -0.497 e. The van der Waals surface area contributed by atoms with Gasteiger partial charge in [0.25, 0.3) is 0 Å². The summed E-state index contributed by atoms with van der Waals surface area (Å²) in [6, 6.07) is 13.6. The molecule has 7 nitrogen and oxygen atoms in total. The van der Waals surface area contributed by atoms with Crippen LogP contribution in [0.2, 0.25) is 0 Å². The van der Waals surface area contributed by atoms with E-state index in [1.54, 1.807) is 24.1 Å².